The number of hydrogen-bond donors (Lipinski definition) is 2. The van der Waals surface area contributed by atoms with Gasteiger partial charge in [0, 0.05) is 12.7 Å². The van der Waals surface area contributed by atoms with Gasteiger partial charge in [-0.1, -0.05) is 30.3 Å². The third-order valence-corrected chi connectivity index (χ3v) is 3.64. The van der Waals surface area contributed by atoms with Gasteiger partial charge in [-0.3, -0.25) is 14.7 Å². The van der Waals surface area contributed by atoms with Gasteiger partial charge in [0.1, 0.15) is 11.3 Å². The largest absolute Gasteiger partial charge is 0.497 e. The van der Waals surface area contributed by atoms with Gasteiger partial charge in [0.15, 0.2) is 0 Å². The first-order valence-corrected chi connectivity index (χ1v) is 7.46. The smallest absolute Gasteiger partial charge is 0.284 e. The Morgan fingerprint density at radius 3 is 2.50 bits per heavy atom. The predicted molar refractivity (Wildman–Crippen MR) is 90.6 cm³/mol. The van der Waals surface area contributed by atoms with E-state index in [0.717, 1.165) is 11.3 Å². The van der Waals surface area contributed by atoms with Crippen LogP contribution in [0.3, 0.4) is 0 Å². The second-order valence-corrected chi connectivity index (χ2v) is 5.19. The number of aromatic nitrogens is 2. The van der Waals surface area contributed by atoms with Crippen LogP contribution in [0.25, 0.3) is 5.69 Å². The second kappa shape index (κ2) is 6.87. The standard InChI is InChI=1S/C18H17N3O3/c1-24-15-9-7-13(8-10-15)11-19-17(22)16-12-20-21(18(16)23)14-5-3-2-4-6-14/h2-10,12,20H,11H2,1H3,(H,19,22). The summed E-state index contributed by atoms with van der Waals surface area (Å²) in [5.41, 5.74) is 1.29. The summed E-state index contributed by atoms with van der Waals surface area (Å²) in [6.07, 6.45) is 1.42. The summed E-state index contributed by atoms with van der Waals surface area (Å²) >= 11 is 0. The molecule has 3 rings (SSSR count). The van der Waals surface area contributed by atoms with E-state index in [2.05, 4.69) is 10.4 Å². The normalized spacial score (nSPS) is 10.4. The summed E-state index contributed by atoms with van der Waals surface area (Å²) in [7, 11) is 1.60. The fourth-order valence-corrected chi connectivity index (χ4v) is 2.32. The van der Waals surface area contributed by atoms with Crippen LogP contribution in [0.2, 0.25) is 0 Å². The molecule has 0 radical (unpaired) electrons. The lowest BCUT2D eigenvalue weighted by Crippen LogP contribution is -2.29. The first-order chi connectivity index (χ1) is 11.7. The highest BCUT2D eigenvalue weighted by Gasteiger charge is 2.14. The predicted octanol–water partition coefficient (Wildman–Crippen LogP) is 2.10. The second-order valence-electron chi connectivity index (χ2n) is 5.19. The molecule has 1 aromatic heterocycles. The van der Waals surface area contributed by atoms with Gasteiger partial charge in [-0.15, -0.1) is 0 Å². The molecule has 0 fully saturated rings. The van der Waals surface area contributed by atoms with E-state index >= 15 is 0 Å². The maximum absolute atomic E-state index is 12.4. The van der Waals surface area contributed by atoms with Crippen LogP contribution < -0.4 is 15.6 Å². The Balaban J connectivity index is 1.71. The minimum atomic E-state index is -0.415. The van der Waals surface area contributed by atoms with Gasteiger partial charge in [-0.25, -0.2) is 4.68 Å². The molecular weight excluding hydrogens is 306 g/mol. The van der Waals surface area contributed by atoms with Crippen molar-refractivity contribution in [3.8, 4) is 11.4 Å². The Kier molecular flexibility index (Phi) is 4.47. The Bertz CT molecular complexity index is 880. The van der Waals surface area contributed by atoms with Crippen molar-refractivity contribution in [2.75, 3.05) is 7.11 Å². The van der Waals surface area contributed by atoms with Gasteiger partial charge < -0.3 is 10.1 Å². The molecule has 0 aliphatic heterocycles. The van der Waals surface area contributed by atoms with Crippen molar-refractivity contribution in [1.29, 1.82) is 0 Å². The molecule has 0 spiro atoms. The lowest BCUT2D eigenvalue weighted by molar-refractivity contribution is 0.0950. The average Bonchev–Trinajstić information content (AvgIpc) is 3.02. The zero-order valence-corrected chi connectivity index (χ0v) is 13.2. The average molecular weight is 323 g/mol. The van der Waals surface area contributed by atoms with Crippen LogP contribution in [0, 0.1) is 0 Å². The minimum Gasteiger partial charge on any atom is -0.497 e. The van der Waals surface area contributed by atoms with E-state index in [1.165, 1.54) is 10.9 Å². The zero-order valence-electron chi connectivity index (χ0n) is 13.2. The summed E-state index contributed by atoms with van der Waals surface area (Å²) in [5.74, 6) is 0.336. The van der Waals surface area contributed by atoms with E-state index in [4.69, 9.17) is 4.74 Å². The number of ether oxygens (including phenoxy) is 1. The first kappa shape index (κ1) is 15.6. The molecule has 0 bridgehead atoms. The molecule has 0 aliphatic carbocycles. The molecular formula is C18H17N3O3. The molecule has 1 heterocycles. The van der Waals surface area contributed by atoms with Crippen molar-refractivity contribution in [2.45, 2.75) is 6.54 Å². The molecule has 2 aromatic carbocycles. The van der Waals surface area contributed by atoms with Crippen LogP contribution in [0.5, 0.6) is 5.75 Å². The third-order valence-electron chi connectivity index (χ3n) is 3.64. The summed E-state index contributed by atoms with van der Waals surface area (Å²) in [6, 6.07) is 16.4. The summed E-state index contributed by atoms with van der Waals surface area (Å²) < 4.78 is 6.42. The number of amides is 1. The molecule has 3 aromatic rings. The van der Waals surface area contributed by atoms with Crippen molar-refractivity contribution in [2.24, 2.45) is 0 Å². The molecule has 122 valence electrons. The highest BCUT2D eigenvalue weighted by molar-refractivity contribution is 5.93. The van der Waals surface area contributed by atoms with Crippen molar-refractivity contribution < 1.29 is 9.53 Å². The maximum Gasteiger partial charge on any atom is 0.284 e. The number of nitrogens with one attached hydrogen (secondary N) is 2. The first-order valence-electron chi connectivity index (χ1n) is 7.46. The fraction of sp³-hybridized carbons (Fsp3) is 0.111. The molecule has 0 unspecified atom stereocenters. The Morgan fingerprint density at radius 1 is 1.12 bits per heavy atom. The highest BCUT2D eigenvalue weighted by atomic mass is 16.5. The van der Waals surface area contributed by atoms with E-state index in [1.807, 2.05) is 42.5 Å². The third kappa shape index (κ3) is 3.22. The number of methoxy groups -OCH3 is 1. The lowest BCUT2D eigenvalue weighted by Gasteiger charge is -2.05. The molecule has 1 amide bonds. The number of carbonyl (C=O) groups is 1. The van der Waals surface area contributed by atoms with Crippen molar-refractivity contribution >= 4 is 5.91 Å². The molecule has 6 nitrogen and oxygen atoms in total. The molecule has 2 N–H and O–H groups in total. The monoisotopic (exact) mass is 323 g/mol. The van der Waals surface area contributed by atoms with Gasteiger partial charge in [0.2, 0.25) is 0 Å². The van der Waals surface area contributed by atoms with Crippen LogP contribution in [-0.4, -0.2) is 22.8 Å². The summed E-state index contributed by atoms with van der Waals surface area (Å²) in [4.78, 5) is 24.6. The van der Waals surface area contributed by atoms with Crippen molar-refractivity contribution in [3.05, 3.63) is 82.3 Å². The molecule has 0 atom stereocenters. The number of para-hydroxylation sites is 1. The number of rotatable bonds is 5. The molecule has 24 heavy (non-hydrogen) atoms. The topological polar surface area (TPSA) is 76.1 Å². The summed E-state index contributed by atoms with van der Waals surface area (Å²) in [5, 5.41) is 5.56. The van der Waals surface area contributed by atoms with Gasteiger partial charge in [0.25, 0.3) is 11.5 Å². The van der Waals surface area contributed by atoms with E-state index in [-0.39, 0.29) is 11.1 Å². The lowest BCUT2D eigenvalue weighted by atomic mass is 10.2. The SMILES string of the molecule is COc1ccc(CNC(=O)c2c[nH]n(-c3ccccc3)c2=O)cc1. The van der Waals surface area contributed by atoms with Crippen molar-refractivity contribution in [3.63, 3.8) is 0 Å². The van der Waals surface area contributed by atoms with Gasteiger partial charge >= 0.3 is 0 Å². The quantitative estimate of drug-likeness (QED) is 0.755. The van der Waals surface area contributed by atoms with Crippen LogP contribution in [0.4, 0.5) is 0 Å². The summed E-state index contributed by atoms with van der Waals surface area (Å²) in [6.45, 7) is 0.332. The number of carbonyl (C=O) groups excluding carboxylic acids is 1. The Hall–Kier alpha value is -3.28. The highest BCUT2D eigenvalue weighted by Crippen LogP contribution is 2.11. The minimum absolute atomic E-state index is 0.0763. The number of nitrogens with zero attached hydrogens (tertiary/aromatic N) is 1. The van der Waals surface area contributed by atoms with Gasteiger partial charge in [0.05, 0.1) is 12.8 Å². The maximum atomic E-state index is 12.4. The Labute approximate surface area is 138 Å². The number of H-pyrrole nitrogens is 1. The fourth-order valence-electron chi connectivity index (χ4n) is 2.32. The van der Waals surface area contributed by atoms with Crippen LogP contribution >= 0.6 is 0 Å². The van der Waals surface area contributed by atoms with Crippen LogP contribution in [0.1, 0.15) is 15.9 Å². The van der Waals surface area contributed by atoms with Crippen molar-refractivity contribution in [1.82, 2.24) is 15.1 Å². The number of benzene rings is 2. The number of aromatic amines is 1. The van der Waals surface area contributed by atoms with E-state index in [0.29, 0.717) is 12.2 Å². The van der Waals surface area contributed by atoms with Crippen LogP contribution in [0.15, 0.2) is 65.6 Å². The Morgan fingerprint density at radius 2 is 1.83 bits per heavy atom. The zero-order chi connectivity index (χ0) is 16.9. The molecule has 6 heteroatoms. The van der Waals surface area contributed by atoms with Gasteiger partial charge in [-0.05, 0) is 29.8 Å². The molecule has 0 saturated carbocycles. The van der Waals surface area contributed by atoms with Crippen LogP contribution in [-0.2, 0) is 6.54 Å². The number of hydrogen-bond acceptors (Lipinski definition) is 3. The molecule has 0 aliphatic rings. The van der Waals surface area contributed by atoms with Gasteiger partial charge in [-0.2, -0.15) is 0 Å². The van der Waals surface area contributed by atoms with E-state index in [1.54, 1.807) is 19.2 Å². The van der Waals surface area contributed by atoms with E-state index < -0.39 is 5.91 Å². The molecule has 0 saturated heterocycles. The van der Waals surface area contributed by atoms with E-state index in [9.17, 15) is 9.59 Å².